The van der Waals surface area contributed by atoms with Crippen molar-refractivity contribution in [1.82, 2.24) is 19.5 Å². The number of imidazole rings is 1. The fourth-order valence-electron chi connectivity index (χ4n) is 1.08. The molecule has 2 aromatic rings. The molecule has 16 heavy (non-hydrogen) atoms. The molecule has 0 radical (unpaired) electrons. The third kappa shape index (κ3) is 1.72. The zero-order valence-corrected chi connectivity index (χ0v) is 9.21. The van der Waals surface area contributed by atoms with E-state index in [1.54, 1.807) is 0 Å². The molecule has 0 aromatic carbocycles. The van der Waals surface area contributed by atoms with Gasteiger partial charge in [-0.1, -0.05) is 0 Å². The molecule has 2 aromatic heterocycles. The molecule has 9 heteroatoms. The molecule has 2 rings (SSSR count). The summed E-state index contributed by atoms with van der Waals surface area (Å²) in [5, 5.41) is 10.4. The summed E-state index contributed by atoms with van der Waals surface area (Å²) < 4.78 is 1.47. The molecule has 0 aliphatic rings. The van der Waals surface area contributed by atoms with E-state index in [1.807, 2.05) is 0 Å². The predicted octanol–water partition coefficient (Wildman–Crippen LogP) is 0.626. The maximum absolute atomic E-state index is 11.2. The van der Waals surface area contributed by atoms with Crippen LogP contribution in [-0.4, -0.2) is 24.4 Å². The Morgan fingerprint density at radius 2 is 2.25 bits per heavy atom. The van der Waals surface area contributed by atoms with E-state index in [4.69, 9.17) is 0 Å². The minimum absolute atomic E-state index is 0.183. The normalized spacial score (nSPS) is 10.3. The van der Waals surface area contributed by atoms with Crippen LogP contribution in [0, 0.1) is 10.1 Å². The molecule has 8 nitrogen and oxygen atoms in total. The van der Waals surface area contributed by atoms with Crippen LogP contribution in [0.25, 0.3) is 5.82 Å². The number of hydrogen-bond acceptors (Lipinski definition) is 5. The van der Waals surface area contributed by atoms with Crippen molar-refractivity contribution < 1.29 is 4.92 Å². The highest BCUT2D eigenvalue weighted by atomic mass is 79.9. The van der Waals surface area contributed by atoms with E-state index in [0.29, 0.717) is 0 Å². The molecule has 0 fully saturated rings. The van der Waals surface area contributed by atoms with Crippen LogP contribution in [0.2, 0.25) is 0 Å². The van der Waals surface area contributed by atoms with Gasteiger partial charge in [0.15, 0.2) is 5.82 Å². The Balaban J connectivity index is 2.55. The third-order valence-electron chi connectivity index (χ3n) is 1.78. The van der Waals surface area contributed by atoms with Crippen molar-refractivity contribution in [2.24, 2.45) is 0 Å². The molecule has 0 aliphatic heterocycles. The summed E-state index contributed by atoms with van der Waals surface area (Å²) in [5.41, 5.74) is -0.374. The molecular formula is C7H4BrN5O3. The Bertz CT molecular complexity index is 604. The molecule has 82 valence electrons. The lowest BCUT2D eigenvalue weighted by Crippen LogP contribution is -2.11. The first-order valence-electron chi connectivity index (χ1n) is 4.01. The van der Waals surface area contributed by atoms with Gasteiger partial charge in [0.05, 0.1) is 6.33 Å². The van der Waals surface area contributed by atoms with E-state index in [-0.39, 0.29) is 21.7 Å². The quantitative estimate of drug-likeness (QED) is 0.643. The summed E-state index contributed by atoms with van der Waals surface area (Å²) in [5.74, 6) is -0.0710. The molecule has 0 unspecified atom stereocenters. The van der Waals surface area contributed by atoms with Gasteiger partial charge in [-0.15, -0.1) is 0 Å². The fraction of sp³-hybridized carbons (Fsp3) is 0. The smallest absolute Gasteiger partial charge is 0.358 e. The lowest BCUT2D eigenvalue weighted by molar-refractivity contribution is -0.389. The summed E-state index contributed by atoms with van der Waals surface area (Å²) in [6.45, 7) is 0. The standard InChI is InChI=1S/C7H4BrN5O3/c8-5-6(9-2-10-7(5)14)12-1-4(11-3-12)13(15)16/h1-3H,(H,9,10,14). The molecular weight excluding hydrogens is 282 g/mol. The molecule has 0 amide bonds. The molecule has 2 heterocycles. The van der Waals surface area contributed by atoms with Crippen LogP contribution in [0.15, 0.2) is 28.1 Å². The molecule has 0 spiro atoms. The van der Waals surface area contributed by atoms with Crippen LogP contribution in [0.1, 0.15) is 0 Å². The van der Waals surface area contributed by atoms with E-state index >= 15 is 0 Å². The number of halogens is 1. The summed E-state index contributed by atoms with van der Waals surface area (Å²) in [6, 6.07) is 0. The second-order valence-corrected chi connectivity index (χ2v) is 3.56. The van der Waals surface area contributed by atoms with Crippen LogP contribution >= 0.6 is 15.9 Å². The monoisotopic (exact) mass is 285 g/mol. The average Bonchev–Trinajstić information content (AvgIpc) is 2.71. The second kappa shape index (κ2) is 3.85. The van der Waals surface area contributed by atoms with E-state index in [9.17, 15) is 14.9 Å². The van der Waals surface area contributed by atoms with E-state index < -0.39 is 4.92 Å². The van der Waals surface area contributed by atoms with Gasteiger partial charge in [0.1, 0.15) is 10.7 Å². The average molecular weight is 286 g/mol. The van der Waals surface area contributed by atoms with E-state index in [1.165, 1.54) is 23.4 Å². The van der Waals surface area contributed by atoms with Crippen LogP contribution in [-0.2, 0) is 0 Å². The number of nitrogens with one attached hydrogen (secondary N) is 1. The summed E-state index contributed by atoms with van der Waals surface area (Å²) in [6.07, 6.45) is 3.59. The molecule has 0 atom stereocenters. The van der Waals surface area contributed by atoms with Crippen LogP contribution in [0.5, 0.6) is 0 Å². The Kier molecular flexibility index (Phi) is 2.52. The summed E-state index contributed by atoms with van der Waals surface area (Å²) >= 11 is 3.04. The highest BCUT2D eigenvalue weighted by Crippen LogP contribution is 2.15. The van der Waals surface area contributed by atoms with Crippen molar-refractivity contribution in [1.29, 1.82) is 0 Å². The molecule has 0 bridgehead atoms. The van der Waals surface area contributed by atoms with Crippen molar-refractivity contribution in [3.05, 3.63) is 43.8 Å². The van der Waals surface area contributed by atoms with Gasteiger partial charge in [-0.25, -0.2) is 4.98 Å². The summed E-state index contributed by atoms with van der Waals surface area (Å²) in [7, 11) is 0. The Morgan fingerprint density at radius 3 is 2.88 bits per heavy atom. The van der Waals surface area contributed by atoms with Gasteiger partial charge in [-0.05, 0) is 25.8 Å². The predicted molar refractivity (Wildman–Crippen MR) is 56.3 cm³/mol. The first kappa shape index (κ1) is 10.5. The number of hydrogen-bond donors (Lipinski definition) is 1. The first-order valence-corrected chi connectivity index (χ1v) is 4.81. The van der Waals surface area contributed by atoms with Gasteiger partial charge in [-0.3, -0.25) is 9.36 Å². The van der Waals surface area contributed by atoms with Crippen molar-refractivity contribution >= 4 is 21.7 Å². The van der Waals surface area contributed by atoms with Crippen LogP contribution in [0.3, 0.4) is 0 Å². The third-order valence-corrected chi connectivity index (χ3v) is 2.49. The second-order valence-electron chi connectivity index (χ2n) is 2.77. The molecule has 0 saturated carbocycles. The SMILES string of the molecule is O=c1[nH]cnc(-n2cnc([N+](=O)[O-])c2)c1Br. The topological polar surface area (TPSA) is 107 Å². The largest absolute Gasteiger partial charge is 0.381 e. The van der Waals surface area contributed by atoms with Gasteiger partial charge >= 0.3 is 5.82 Å². The Hall–Kier alpha value is -2.03. The van der Waals surface area contributed by atoms with Gasteiger partial charge in [0.25, 0.3) is 5.56 Å². The maximum Gasteiger partial charge on any atom is 0.381 e. The fourth-order valence-corrected chi connectivity index (χ4v) is 1.50. The molecule has 0 saturated heterocycles. The highest BCUT2D eigenvalue weighted by molar-refractivity contribution is 9.10. The number of nitro groups is 1. The van der Waals surface area contributed by atoms with Crippen molar-refractivity contribution in [3.8, 4) is 5.82 Å². The highest BCUT2D eigenvalue weighted by Gasteiger charge is 2.14. The van der Waals surface area contributed by atoms with E-state index in [0.717, 1.165) is 0 Å². The zero-order valence-electron chi connectivity index (χ0n) is 7.62. The van der Waals surface area contributed by atoms with E-state index in [2.05, 4.69) is 30.9 Å². The number of nitrogens with zero attached hydrogens (tertiary/aromatic N) is 4. The van der Waals surface area contributed by atoms with Crippen molar-refractivity contribution in [2.45, 2.75) is 0 Å². The van der Waals surface area contributed by atoms with Gasteiger partial charge < -0.3 is 15.1 Å². The lowest BCUT2D eigenvalue weighted by Gasteiger charge is -1.99. The molecule has 1 N–H and O–H groups in total. The number of aromatic nitrogens is 4. The zero-order chi connectivity index (χ0) is 11.7. The number of aromatic amines is 1. The Morgan fingerprint density at radius 1 is 1.50 bits per heavy atom. The minimum atomic E-state index is -0.627. The lowest BCUT2D eigenvalue weighted by atomic mass is 10.5. The summed E-state index contributed by atoms with van der Waals surface area (Å²) in [4.78, 5) is 30.8. The molecule has 0 aliphatic carbocycles. The number of rotatable bonds is 2. The first-order chi connectivity index (χ1) is 7.59. The van der Waals surface area contributed by atoms with Crippen LogP contribution in [0.4, 0.5) is 5.82 Å². The van der Waals surface area contributed by atoms with Crippen LogP contribution < -0.4 is 5.56 Å². The van der Waals surface area contributed by atoms with Crippen molar-refractivity contribution in [2.75, 3.05) is 0 Å². The van der Waals surface area contributed by atoms with Gasteiger partial charge in [0.2, 0.25) is 6.33 Å². The maximum atomic E-state index is 11.2. The van der Waals surface area contributed by atoms with Gasteiger partial charge in [-0.2, -0.15) is 0 Å². The Labute approximate surface area is 96.2 Å². The van der Waals surface area contributed by atoms with Gasteiger partial charge in [0, 0.05) is 0 Å². The number of H-pyrrole nitrogens is 1. The minimum Gasteiger partial charge on any atom is -0.358 e. The van der Waals surface area contributed by atoms with Crippen molar-refractivity contribution in [3.63, 3.8) is 0 Å².